The van der Waals surface area contributed by atoms with E-state index in [9.17, 15) is 9.18 Å². The Morgan fingerprint density at radius 3 is 2.77 bits per heavy atom. The molecule has 1 nitrogen and oxygen atoms in total. The topological polar surface area (TPSA) is 17.1 Å². The highest BCUT2D eigenvalue weighted by Gasteiger charge is 2.09. The number of hydrogen-bond acceptors (Lipinski definition) is 1. The molecule has 0 heterocycles. The van der Waals surface area contributed by atoms with Gasteiger partial charge in [0, 0.05) is 16.5 Å². The number of alkyl halides is 1. The van der Waals surface area contributed by atoms with Crippen molar-refractivity contribution in [3.8, 4) is 0 Å². The zero-order chi connectivity index (χ0) is 9.84. The summed E-state index contributed by atoms with van der Waals surface area (Å²) in [6.45, 7) is 1.17. The molecule has 1 aromatic carbocycles. The first-order valence-corrected chi connectivity index (χ1v) is 4.86. The van der Waals surface area contributed by atoms with Crippen molar-refractivity contribution in [2.45, 2.75) is 20.0 Å². The Bertz CT molecular complexity index is 323. The molecule has 70 valence electrons. The Morgan fingerprint density at radius 2 is 2.23 bits per heavy atom. The van der Waals surface area contributed by atoms with Crippen LogP contribution in [-0.4, -0.2) is 5.78 Å². The molecule has 0 aromatic heterocycles. The van der Waals surface area contributed by atoms with Crippen LogP contribution in [-0.2, 0) is 6.67 Å². The van der Waals surface area contributed by atoms with Crippen LogP contribution >= 0.6 is 15.9 Å². The van der Waals surface area contributed by atoms with Crippen molar-refractivity contribution in [3.63, 3.8) is 0 Å². The SMILES string of the molecule is CCC(=O)c1ccc(Br)cc1CF. The smallest absolute Gasteiger partial charge is 0.162 e. The van der Waals surface area contributed by atoms with E-state index in [1.165, 1.54) is 0 Å². The molecule has 13 heavy (non-hydrogen) atoms. The zero-order valence-corrected chi connectivity index (χ0v) is 8.90. The van der Waals surface area contributed by atoms with Gasteiger partial charge in [-0.25, -0.2) is 4.39 Å². The lowest BCUT2D eigenvalue weighted by molar-refractivity contribution is 0.0986. The third kappa shape index (κ3) is 2.37. The lowest BCUT2D eigenvalue weighted by Crippen LogP contribution is -2.01. The van der Waals surface area contributed by atoms with E-state index in [1.54, 1.807) is 25.1 Å². The van der Waals surface area contributed by atoms with Crippen molar-refractivity contribution in [1.82, 2.24) is 0 Å². The summed E-state index contributed by atoms with van der Waals surface area (Å²) in [6.07, 6.45) is 0.411. The fraction of sp³-hybridized carbons (Fsp3) is 0.300. The minimum Gasteiger partial charge on any atom is -0.294 e. The zero-order valence-electron chi connectivity index (χ0n) is 7.31. The second-order valence-corrected chi connectivity index (χ2v) is 3.63. The highest BCUT2D eigenvalue weighted by atomic mass is 79.9. The molecule has 0 amide bonds. The Morgan fingerprint density at radius 1 is 1.54 bits per heavy atom. The van der Waals surface area contributed by atoms with Crippen molar-refractivity contribution in [2.75, 3.05) is 0 Å². The van der Waals surface area contributed by atoms with Gasteiger partial charge in [0.1, 0.15) is 6.67 Å². The highest BCUT2D eigenvalue weighted by Crippen LogP contribution is 2.18. The summed E-state index contributed by atoms with van der Waals surface area (Å²) >= 11 is 3.23. The number of benzene rings is 1. The highest BCUT2D eigenvalue weighted by molar-refractivity contribution is 9.10. The summed E-state index contributed by atoms with van der Waals surface area (Å²) < 4.78 is 13.3. The molecule has 0 saturated carbocycles. The molecule has 0 atom stereocenters. The number of carbonyl (C=O) groups is 1. The second-order valence-electron chi connectivity index (χ2n) is 2.71. The van der Waals surface area contributed by atoms with Gasteiger partial charge in [-0.1, -0.05) is 22.9 Å². The molecule has 0 radical (unpaired) electrons. The second kappa shape index (κ2) is 4.51. The first kappa shape index (κ1) is 10.4. The van der Waals surface area contributed by atoms with E-state index in [-0.39, 0.29) is 5.78 Å². The van der Waals surface area contributed by atoms with Gasteiger partial charge in [-0.15, -0.1) is 0 Å². The number of ketones is 1. The van der Waals surface area contributed by atoms with Gasteiger partial charge in [0.25, 0.3) is 0 Å². The van der Waals surface area contributed by atoms with Gasteiger partial charge in [0.15, 0.2) is 5.78 Å². The summed E-state index contributed by atoms with van der Waals surface area (Å²) in [7, 11) is 0. The van der Waals surface area contributed by atoms with Crippen molar-refractivity contribution in [2.24, 2.45) is 0 Å². The van der Waals surface area contributed by atoms with Crippen molar-refractivity contribution >= 4 is 21.7 Å². The molecule has 0 spiro atoms. The van der Waals surface area contributed by atoms with Crippen LogP contribution in [0.15, 0.2) is 22.7 Å². The van der Waals surface area contributed by atoms with Gasteiger partial charge in [-0.05, 0) is 23.8 Å². The molecule has 0 aliphatic carbocycles. The quantitative estimate of drug-likeness (QED) is 0.744. The van der Waals surface area contributed by atoms with Gasteiger partial charge < -0.3 is 0 Å². The minimum atomic E-state index is -0.597. The molecule has 0 saturated heterocycles. The summed E-state index contributed by atoms with van der Waals surface area (Å²) in [5, 5.41) is 0. The summed E-state index contributed by atoms with van der Waals surface area (Å²) in [4.78, 5) is 11.3. The van der Waals surface area contributed by atoms with E-state index in [2.05, 4.69) is 15.9 Å². The van der Waals surface area contributed by atoms with E-state index < -0.39 is 6.67 Å². The number of hydrogen-bond donors (Lipinski definition) is 0. The molecule has 0 bridgehead atoms. The Balaban J connectivity index is 3.13. The number of rotatable bonds is 3. The molecule has 1 aromatic rings. The first-order valence-electron chi connectivity index (χ1n) is 4.06. The fourth-order valence-corrected chi connectivity index (χ4v) is 1.54. The number of Topliss-reactive ketones (excluding diaryl/α,β-unsaturated/α-hetero) is 1. The summed E-state index contributed by atoms with van der Waals surface area (Å²) in [5.74, 6) is -0.0137. The molecular weight excluding hydrogens is 235 g/mol. The molecule has 0 aliphatic rings. The fourth-order valence-electron chi connectivity index (χ4n) is 1.14. The van der Waals surface area contributed by atoms with Crippen LogP contribution in [0.5, 0.6) is 0 Å². The predicted molar refractivity (Wildman–Crippen MR) is 53.6 cm³/mol. The lowest BCUT2D eigenvalue weighted by Gasteiger charge is -2.04. The normalized spacial score (nSPS) is 10.1. The average Bonchev–Trinajstić information content (AvgIpc) is 2.16. The molecule has 0 unspecified atom stereocenters. The Labute approximate surface area is 85.1 Å². The van der Waals surface area contributed by atoms with Gasteiger partial charge in [0.2, 0.25) is 0 Å². The van der Waals surface area contributed by atoms with E-state index >= 15 is 0 Å². The molecular formula is C10H10BrFO. The molecule has 0 fully saturated rings. The lowest BCUT2D eigenvalue weighted by atomic mass is 10.0. The van der Waals surface area contributed by atoms with E-state index in [1.807, 2.05) is 0 Å². The number of halogens is 2. The van der Waals surface area contributed by atoms with Crippen molar-refractivity contribution < 1.29 is 9.18 Å². The largest absolute Gasteiger partial charge is 0.294 e. The number of carbonyl (C=O) groups excluding carboxylic acids is 1. The summed E-state index contributed by atoms with van der Waals surface area (Å²) in [6, 6.07) is 5.05. The first-order chi connectivity index (χ1) is 6.19. The third-order valence-corrected chi connectivity index (χ3v) is 2.33. The van der Waals surface area contributed by atoms with Crippen molar-refractivity contribution in [3.05, 3.63) is 33.8 Å². The maximum absolute atomic E-state index is 12.5. The minimum absolute atomic E-state index is 0.0137. The van der Waals surface area contributed by atoms with E-state index in [0.717, 1.165) is 4.47 Å². The van der Waals surface area contributed by atoms with Crippen LogP contribution in [0.2, 0.25) is 0 Å². The maximum atomic E-state index is 12.5. The van der Waals surface area contributed by atoms with Crippen LogP contribution in [0.1, 0.15) is 29.3 Å². The van der Waals surface area contributed by atoms with E-state index in [0.29, 0.717) is 17.5 Å². The van der Waals surface area contributed by atoms with Crippen molar-refractivity contribution in [1.29, 1.82) is 0 Å². The molecule has 3 heteroatoms. The average molecular weight is 245 g/mol. The van der Waals surface area contributed by atoms with E-state index in [4.69, 9.17) is 0 Å². The predicted octanol–water partition coefficient (Wildman–Crippen LogP) is 3.51. The van der Waals surface area contributed by atoms with Crippen LogP contribution in [0.3, 0.4) is 0 Å². The van der Waals surface area contributed by atoms with Crippen LogP contribution < -0.4 is 0 Å². The molecule has 0 N–H and O–H groups in total. The van der Waals surface area contributed by atoms with Gasteiger partial charge in [0.05, 0.1) is 0 Å². The van der Waals surface area contributed by atoms with Crippen LogP contribution in [0, 0.1) is 0 Å². The molecule has 0 aliphatic heterocycles. The van der Waals surface area contributed by atoms with Crippen LogP contribution in [0.4, 0.5) is 4.39 Å². The third-order valence-electron chi connectivity index (χ3n) is 1.83. The Hall–Kier alpha value is -0.700. The molecule has 1 rings (SSSR count). The van der Waals surface area contributed by atoms with Gasteiger partial charge in [-0.3, -0.25) is 4.79 Å². The summed E-state index contributed by atoms with van der Waals surface area (Å²) in [5.41, 5.74) is 0.953. The Kier molecular flexibility index (Phi) is 3.60. The standard InChI is InChI=1S/C10H10BrFO/c1-2-10(13)9-4-3-8(11)5-7(9)6-12/h3-5H,2,6H2,1H3. The van der Waals surface area contributed by atoms with Gasteiger partial charge >= 0.3 is 0 Å². The van der Waals surface area contributed by atoms with Crippen LogP contribution in [0.25, 0.3) is 0 Å². The van der Waals surface area contributed by atoms with Gasteiger partial charge in [-0.2, -0.15) is 0 Å². The monoisotopic (exact) mass is 244 g/mol. The maximum Gasteiger partial charge on any atom is 0.162 e.